The standard InChI is InChI=1S/C22H24N4O4S/c1-27-19-10-9-17(13-23-19)24-22(15-7-8-15)31-14-16-5-3-4-6-18(16)20(25-28-2)21-26-30-12-11-29-21/h3-6,9-10,13,15H,7-8,11-12,14H2,1-2H3/b24-22?,25-20-. The number of methoxy groups -OCH3 is 1. The van der Waals surface area contributed by atoms with E-state index in [1.54, 1.807) is 25.1 Å². The fourth-order valence-corrected chi connectivity index (χ4v) is 4.20. The Morgan fingerprint density at radius 2 is 2.03 bits per heavy atom. The minimum Gasteiger partial charge on any atom is -0.481 e. The zero-order valence-electron chi connectivity index (χ0n) is 17.5. The second-order valence-corrected chi connectivity index (χ2v) is 7.93. The smallest absolute Gasteiger partial charge is 0.280 e. The number of aromatic nitrogens is 1. The maximum Gasteiger partial charge on any atom is 0.280 e. The van der Waals surface area contributed by atoms with Crippen molar-refractivity contribution in [2.75, 3.05) is 27.4 Å². The van der Waals surface area contributed by atoms with Crippen LogP contribution >= 0.6 is 11.8 Å². The Morgan fingerprint density at radius 3 is 2.71 bits per heavy atom. The van der Waals surface area contributed by atoms with E-state index in [-0.39, 0.29) is 0 Å². The quantitative estimate of drug-likeness (QED) is 0.348. The highest BCUT2D eigenvalue weighted by atomic mass is 32.2. The van der Waals surface area contributed by atoms with Crippen molar-refractivity contribution in [1.82, 2.24) is 4.98 Å². The molecule has 0 atom stereocenters. The highest BCUT2D eigenvalue weighted by Gasteiger charge is 2.29. The minimum absolute atomic E-state index is 0.325. The van der Waals surface area contributed by atoms with Crippen molar-refractivity contribution in [2.45, 2.75) is 18.6 Å². The fourth-order valence-electron chi connectivity index (χ4n) is 3.00. The van der Waals surface area contributed by atoms with Gasteiger partial charge >= 0.3 is 0 Å². The molecule has 0 N–H and O–H groups in total. The van der Waals surface area contributed by atoms with Crippen LogP contribution in [-0.4, -0.2) is 49.1 Å². The first-order chi connectivity index (χ1) is 15.3. The van der Waals surface area contributed by atoms with E-state index in [1.807, 2.05) is 30.3 Å². The molecule has 1 saturated carbocycles. The predicted molar refractivity (Wildman–Crippen MR) is 121 cm³/mol. The number of pyridine rings is 1. The summed E-state index contributed by atoms with van der Waals surface area (Å²) in [6.45, 7) is 0.843. The Hall–Kier alpha value is -3.07. The highest BCUT2D eigenvalue weighted by Crippen LogP contribution is 2.38. The highest BCUT2D eigenvalue weighted by molar-refractivity contribution is 8.13. The van der Waals surface area contributed by atoms with E-state index >= 15 is 0 Å². The summed E-state index contributed by atoms with van der Waals surface area (Å²) in [4.78, 5) is 19.3. The number of oxime groups is 2. The molecule has 1 aromatic heterocycles. The van der Waals surface area contributed by atoms with Crippen molar-refractivity contribution in [3.63, 3.8) is 0 Å². The predicted octanol–water partition coefficient (Wildman–Crippen LogP) is 4.17. The Kier molecular flexibility index (Phi) is 7.03. The molecule has 8 nitrogen and oxygen atoms in total. The first-order valence-corrected chi connectivity index (χ1v) is 11.0. The number of aliphatic imine (C=N–C) groups is 1. The number of thioether (sulfide) groups is 1. The van der Waals surface area contributed by atoms with Crippen LogP contribution in [-0.2, 0) is 20.2 Å². The van der Waals surface area contributed by atoms with Crippen LogP contribution in [0.25, 0.3) is 0 Å². The molecule has 2 aromatic rings. The van der Waals surface area contributed by atoms with E-state index in [4.69, 9.17) is 24.1 Å². The molecular formula is C22H24N4O4S. The molecule has 0 spiro atoms. The molecular weight excluding hydrogens is 416 g/mol. The molecule has 4 rings (SSSR count). The van der Waals surface area contributed by atoms with Crippen LogP contribution in [0, 0.1) is 5.92 Å². The van der Waals surface area contributed by atoms with Gasteiger partial charge in [-0.05, 0) is 29.6 Å². The number of hydrogen-bond acceptors (Lipinski definition) is 9. The SMILES string of the molecule is CO/N=C(\C1=NOCCO1)c1ccccc1CSC(=Nc1ccc(OC)nc1)C1CC1. The maximum absolute atomic E-state index is 5.64. The Labute approximate surface area is 185 Å². The first-order valence-electron chi connectivity index (χ1n) is 10.0. The normalized spacial score (nSPS) is 16.8. The van der Waals surface area contributed by atoms with Crippen LogP contribution in [0.5, 0.6) is 5.88 Å². The molecule has 2 aliphatic rings. The third-order valence-corrected chi connectivity index (χ3v) is 5.87. The van der Waals surface area contributed by atoms with Crippen molar-refractivity contribution >= 4 is 34.1 Å². The molecule has 1 fully saturated rings. The van der Waals surface area contributed by atoms with Gasteiger partial charge in [0, 0.05) is 23.3 Å². The molecule has 0 amide bonds. The minimum atomic E-state index is 0.325. The molecule has 2 heterocycles. The van der Waals surface area contributed by atoms with Crippen molar-refractivity contribution in [3.05, 3.63) is 53.7 Å². The lowest BCUT2D eigenvalue weighted by Gasteiger charge is -2.16. The number of benzene rings is 1. The second-order valence-electron chi connectivity index (χ2n) is 6.93. The zero-order chi connectivity index (χ0) is 21.5. The van der Waals surface area contributed by atoms with Crippen molar-refractivity contribution < 1.29 is 19.1 Å². The van der Waals surface area contributed by atoms with Crippen LogP contribution in [0.1, 0.15) is 24.0 Å². The van der Waals surface area contributed by atoms with Crippen LogP contribution in [0.3, 0.4) is 0 Å². The molecule has 0 radical (unpaired) electrons. The van der Waals surface area contributed by atoms with Crippen molar-refractivity contribution in [3.8, 4) is 5.88 Å². The summed E-state index contributed by atoms with van der Waals surface area (Å²) in [5.74, 6) is 2.14. The van der Waals surface area contributed by atoms with Crippen molar-refractivity contribution in [2.24, 2.45) is 21.2 Å². The average Bonchev–Trinajstić information content (AvgIpc) is 3.67. The van der Waals surface area contributed by atoms with Gasteiger partial charge < -0.3 is 19.1 Å². The largest absolute Gasteiger partial charge is 0.481 e. The summed E-state index contributed by atoms with van der Waals surface area (Å²) in [5, 5.41) is 9.28. The second kappa shape index (κ2) is 10.3. The van der Waals surface area contributed by atoms with Crippen LogP contribution < -0.4 is 4.74 Å². The van der Waals surface area contributed by atoms with E-state index in [9.17, 15) is 0 Å². The monoisotopic (exact) mass is 440 g/mol. The number of ether oxygens (including phenoxy) is 2. The van der Waals surface area contributed by atoms with Gasteiger partial charge in [0.15, 0.2) is 12.3 Å². The summed E-state index contributed by atoms with van der Waals surface area (Å²) in [7, 11) is 3.10. The van der Waals surface area contributed by atoms with Gasteiger partial charge in [-0.15, -0.1) is 11.8 Å². The summed E-state index contributed by atoms with van der Waals surface area (Å²) < 4.78 is 10.8. The van der Waals surface area contributed by atoms with Crippen LogP contribution in [0.2, 0.25) is 0 Å². The van der Waals surface area contributed by atoms with Gasteiger partial charge in [-0.3, -0.25) is 0 Å². The summed E-state index contributed by atoms with van der Waals surface area (Å²) >= 11 is 1.73. The Bertz CT molecular complexity index is 987. The molecule has 1 aromatic carbocycles. The van der Waals surface area contributed by atoms with E-state index in [1.165, 1.54) is 7.11 Å². The van der Waals surface area contributed by atoms with E-state index in [0.717, 1.165) is 40.5 Å². The van der Waals surface area contributed by atoms with E-state index < -0.39 is 0 Å². The zero-order valence-corrected chi connectivity index (χ0v) is 18.3. The van der Waals surface area contributed by atoms with Crippen LogP contribution in [0.15, 0.2) is 57.9 Å². The van der Waals surface area contributed by atoms with Gasteiger partial charge in [0.05, 0.1) is 24.0 Å². The van der Waals surface area contributed by atoms with Gasteiger partial charge in [0.2, 0.25) is 5.88 Å². The summed E-state index contributed by atoms with van der Waals surface area (Å²) in [6.07, 6.45) is 4.06. The Balaban J connectivity index is 1.55. The lowest BCUT2D eigenvalue weighted by atomic mass is 10.0. The number of rotatable bonds is 8. The molecule has 0 saturated heterocycles. The topological polar surface area (TPSA) is 86.9 Å². The molecule has 0 bridgehead atoms. The third kappa shape index (κ3) is 5.55. The van der Waals surface area contributed by atoms with Crippen molar-refractivity contribution in [1.29, 1.82) is 0 Å². The van der Waals surface area contributed by atoms with Gasteiger partial charge in [-0.2, -0.15) is 0 Å². The molecule has 1 aliphatic heterocycles. The van der Waals surface area contributed by atoms with E-state index in [0.29, 0.717) is 36.6 Å². The lowest BCUT2D eigenvalue weighted by molar-refractivity contribution is 0.0672. The summed E-state index contributed by atoms with van der Waals surface area (Å²) in [5.41, 5.74) is 3.32. The molecule has 0 unspecified atom stereocenters. The van der Waals surface area contributed by atoms with Gasteiger partial charge in [-0.1, -0.05) is 29.4 Å². The van der Waals surface area contributed by atoms with E-state index in [2.05, 4.69) is 21.4 Å². The lowest BCUT2D eigenvalue weighted by Crippen LogP contribution is -2.26. The number of hydrogen-bond donors (Lipinski definition) is 0. The number of nitrogens with zero attached hydrogens (tertiary/aromatic N) is 4. The maximum atomic E-state index is 5.64. The van der Waals surface area contributed by atoms with Gasteiger partial charge in [-0.25, -0.2) is 9.98 Å². The fraction of sp³-hybridized carbons (Fsp3) is 0.364. The van der Waals surface area contributed by atoms with Gasteiger partial charge in [0.25, 0.3) is 5.90 Å². The summed E-state index contributed by atoms with van der Waals surface area (Å²) in [6, 6.07) is 11.8. The molecule has 1 aliphatic carbocycles. The molecule has 162 valence electrons. The molecule has 9 heteroatoms. The Morgan fingerprint density at radius 1 is 1.16 bits per heavy atom. The first kappa shape index (κ1) is 21.2. The average molecular weight is 441 g/mol. The van der Waals surface area contributed by atoms with Gasteiger partial charge in [0.1, 0.15) is 13.7 Å². The molecule has 31 heavy (non-hydrogen) atoms. The van der Waals surface area contributed by atoms with Crippen LogP contribution in [0.4, 0.5) is 5.69 Å². The third-order valence-electron chi connectivity index (χ3n) is 4.69.